The van der Waals surface area contributed by atoms with Crippen molar-refractivity contribution in [3.8, 4) is 0 Å². The van der Waals surface area contributed by atoms with E-state index in [-0.39, 0.29) is 30.6 Å². The van der Waals surface area contributed by atoms with E-state index in [4.69, 9.17) is 4.74 Å². The van der Waals surface area contributed by atoms with E-state index >= 15 is 0 Å². The van der Waals surface area contributed by atoms with E-state index in [1.807, 2.05) is 0 Å². The maximum atomic E-state index is 13.9. The van der Waals surface area contributed by atoms with Crippen molar-refractivity contribution in [2.75, 3.05) is 23.3 Å². The molecule has 0 aliphatic carbocycles. The fraction of sp³-hybridized carbons (Fsp3) is 0.357. The second kappa shape index (κ2) is 6.42. The highest BCUT2D eigenvalue weighted by atomic mass is 19.1. The normalized spacial score (nSPS) is 17.1. The summed E-state index contributed by atoms with van der Waals surface area (Å²) in [5, 5.41) is 4.91. The van der Waals surface area contributed by atoms with E-state index in [1.165, 1.54) is 30.9 Å². The van der Waals surface area contributed by atoms with Crippen molar-refractivity contribution in [2.24, 2.45) is 0 Å². The van der Waals surface area contributed by atoms with Crippen molar-refractivity contribution >= 4 is 29.3 Å². The molecule has 3 amide bonds. The van der Waals surface area contributed by atoms with Gasteiger partial charge in [0.1, 0.15) is 11.9 Å². The number of ether oxygens (including phenoxy) is 1. The fourth-order valence-corrected chi connectivity index (χ4v) is 2.06. The van der Waals surface area contributed by atoms with Gasteiger partial charge < -0.3 is 15.4 Å². The molecule has 7 nitrogen and oxygen atoms in total. The van der Waals surface area contributed by atoms with Crippen LogP contribution in [0, 0.1) is 5.82 Å². The van der Waals surface area contributed by atoms with Crippen LogP contribution in [0.5, 0.6) is 0 Å². The Morgan fingerprint density at radius 3 is 2.68 bits per heavy atom. The van der Waals surface area contributed by atoms with Gasteiger partial charge in [-0.15, -0.1) is 0 Å². The molecule has 1 saturated heterocycles. The minimum absolute atomic E-state index is 0.0404. The Balaban J connectivity index is 2.08. The number of nitrogens with one attached hydrogen (secondary N) is 2. The SMILES string of the molecule is CC(=O)NC[C@H]1CN(c2ccc(NC(C)=O)c(F)c2)C(=O)O1. The quantitative estimate of drug-likeness (QED) is 0.876. The van der Waals surface area contributed by atoms with Crippen LogP contribution < -0.4 is 15.5 Å². The van der Waals surface area contributed by atoms with E-state index in [0.29, 0.717) is 5.69 Å². The number of hydrogen-bond acceptors (Lipinski definition) is 4. The molecule has 118 valence electrons. The van der Waals surface area contributed by atoms with Crippen molar-refractivity contribution in [3.05, 3.63) is 24.0 Å². The number of halogens is 1. The summed E-state index contributed by atoms with van der Waals surface area (Å²) in [6.45, 7) is 3.05. The number of rotatable bonds is 4. The van der Waals surface area contributed by atoms with Crippen LogP contribution in [0.4, 0.5) is 20.6 Å². The number of amides is 3. The van der Waals surface area contributed by atoms with Gasteiger partial charge in [0.2, 0.25) is 11.8 Å². The standard InChI is InChI=1S/C14H16FN3O4/c1-8(19)16-6-11-7-18(14(21)22-11)10-3-4-13(12(15)5-10)17-9(2)20/h3-5,11H,6-7H2,1-2H3,(H,16,19)(H,17,20)/t11-/m0/s1. The monoisotopic (exact) mass is 309 g/mol. The lowest BCUT2D eigenvalue weighted by Crippen LogP contribution is -2.33. The summed E-state index contributed by atoms with van der Waals surface area (Å²) in [6, 6.07) is 4.03. The van der Waals surface area contributed by atoms with Crippen LogP contribution in [0.1, 0.15) is 13.8 Å². The van der Waals surface area contributed by atoms with Crippen LogP contribution >= 0.6 is 0 Å². The minimum Gasteiger partial charge on any atom is -0.442 e. The highest BCUT2D eigenvalue weighted by Crippen LogP contribution is 2.25. The van der Waals surface area contributed by atoms with Crippen LogP contribution in [0.2, 0.25) is 0 Å². The first-order valence-corrected chi connectivity index (χ1v) is 6.66. The molecule has 0 aromatic heterocycles. The first-order valence-electron chi connectivity index (χ1n) is 6.66. The van der Waals surface area contributed by atoms with Crippen LogP contribution in [0.25, 0.3) is 0 Å². The molecule has 1 aliphatic heterocycles. The van der Waals surface area contributed by atoms with Crippen LogP contribution in [0.15, 0.2) is 18.2 Å². The Hall–Kier alpha value is -2.64. The average Bonchev–Trinajstić information content (AvgIpc) is 2.79. The highest BCUT2D eigenvalue weighted by Gasteiger charge is 2.32. The Kier molecular flexibility index (Phi) is 4.59. The Morgan fingerprint density at radius 2 is 2.09 bits per heavy atom. The summed E-state index contributed by atoms with van der Waals surface area (Å²) in [7, 11) is 0. The number of anilines is 2. The van der Waals surface area contributed by atoms with Crippen molar-refractivity contribution in [1.82, 2.24) is 5.32 Å². The smallest absolute Gasteiger partial charge is 0.414 e. The first kappa shape index (κ1) is 15.7. The molecule has 0 unspecified atom stereocenters. The molecule has 1 aromatic carbocycles. The second-order valence-electron chi connectivity index (χ2n) is 4.90. The molecule has 0 saturated carbocycles. The molecule has 1 fully saturated rings. The maximum Gasteiger partial charge on any atom is 0.414 e. The number of nitrogens with zero attached hydrogens (tertiary/aromatic N) is 1. The molecule has 1 aromatic rings. The van der Waals surface area contributed by atoms with Crippen LogP contribution in [-0.4, -0.2) is 37.1 Å². The van der Waals surface area contributed by atoms with Crippen molar-refractivity contribution in [3.63, 3.8) is 0 Å². The Bertz CT molecular complexity index is 620. The summed E-state index contributed by atoms with van der Waals surface area (Å²) >= 11 is 0. The van der Waals surface area contributed by atoms with E-state index in [1.54, 1.807) is 0 Å². The molecular weight excluding hydrogens is 293 g/mol. The predicted molar refractivity (Wildman–Crippen MR) is 77.0 cm³/mol. The lowest BCUT2D eigenvalue weighted by atomic mass is 10.2. The summed E-state index contributed by atoms with van der Waals surface area (Å²) in [6.07, 6.45) is -1.10. The molecule has 0 bridgehead atoms. The molecule has 1 atom stereocenters. The first-order chi connectivity index (χ1) is 10.4. The van der Waals surface area contributed by atoms with Crippen molar-refractivity contribution < 1.29 is 23.5 Å². The molecule has 22 heavy (non-hydrogen) atoms. The number of hydrogen-bond donors (Lipinski definition) is 2. The van der Waals surface area contributed by atoms with E-state index < -0.39 is 18.0 Å². The van der Waals surface area contributed by atoms with Gasteiger partial charge in [-0.2, -0.15) is 0 Å². The van der Waals surface area contributed by atoms with Gasteiger partial charge in [0.15, 0.2) is 0 Å². The summed E-state index contributed by atoms with van der Waals surface area (Å²) in [5.74, 6) is -1.26. The number of carbonyl (C=O) groups is 3. The highest BCUT2D eigenvalue weighted by molar-refractivity contribution is 5.92. The fourth-order valence-electron chi connectivity index (χ4n) is 2.06. The third-order valence-corrected chi connectivity index (χ3v) is 3.03. The van der Waals surface area contributed by atoms with E-state index in [9.17, 15) is 18.8 Å². The van der Waals surface area contributed by atoms with Gasteiger partial charge in [-0.1, -0.05) is 0 Å². The minimum atomic E-state index is -0.647. The number of carbonyl (C=O) groups excluding carboxylic acids is 3. The molecule has 2 N–H and O–H groups in total. The number of cyclic esters (lactones) is 1. The van der Waals surface area contributed by atoms with Gasteiger partial charge in [0.25, 0.3) is 0 Å². The largest absolute Gasteiger partial charge is 0.442 e. The lowest BCUT2D eigenvalue weighted by Gasteiger charge is -2.14. The Labute approximate surface area is 126 Å². The summed E-state index contributed by atoms with van der Waals surface area (Å²) in [5.41, 5.74) is 0.362. The van der Waals surface area contributed by atoms with E-state index in [2.05, 4.69) is 10.6 Å². The lowest BCUT2D eigenvalue weighted by molar-refractivity contribution is -0.119. The van der Waals surface area contributed by atoms with Gasteiger partial charge in [-0.25, -0.2) is 9.18 Å². The van der Waals surface area contributed by atoms with Crippen molar-refractivity contribution in [1.29, 1.82) is 0 Å². The second-order valence-corrected chi connectivity index (χ2v) is 4.90. The van der Waals surface area contributed by atoms with Gasteiger partial charge in [-0.05, 0) is 18.2 Å². The zero-order chi connectivity index (χ0) is 16.3. The maximum absolute atomic E-state index is 13.9. The summed E-state index contributed by atoms with van der Waals surface area (Å²) in [4.78, 5) is 34.9. The van der Waals surface area contributed by atoms with Gasteiger partial charge >= 0.3 is 6.09 Å². The van der Waals surface area contributed by atoms with Crippen molar-refractivity contribution in [2.45, 2.75) is 20.0 Å². The molecule has 8 heteroatoms. The molecule has 2 rings (SSSR count). The van der Waals surface area contributed by atoms with Gasteiger partial charge in [0, 0.05) is 13.8 Å². The van der Waals surface area contributed by atoms with Crippen LogP contribution in [0.3, 0.4) is 0 Å². The van der Waals surface area contributed by atoms with Gasteiger partial charge in [0.05, 0.1) is 24.5 Å². The molecular formula is C14H16FN3O4. The Morgan fingerprint density at radius 1 is 1.36 bits per heavy atom. The van der Waals surface area contributed by atoms with Gasteiger partial charge in [-0.3, -0.25) is 14.5 Å². The van der Waals surface area contributed by atoms with E-state index in [0.717, 1.165) is 6.07 Å². The molecule has 1 aliphatic rings. The third-order valence-electron chi connectivity index (χ3n) is 3.03. The summed E-state index contributed by atoms with van der Waals surface area (Å²) < 4.78 is 19.0. The molecule has 1 heterocycles. The predicted octanol–water partition coefficient (Wildman–Crippen LogP) is 1.25. The average molecular weight is 309 g/mol. The molecule has 0 spiro atoms. The third kappa shape index (κ3) is 3.72. The van der Waals surface area contributed by atoms with Crippen LogP contribution in [-0.2, 0) is 14.3 Å². The topological polar surface area (TPSA) is 87.7 Å². The number of benzene rings is 1. The zero-order valence-corrected chi connectivity index (χ0v) is 12.2. The molecule has 0 radical (unpaired) electrons. The zero-order valence-electron chi connectivity index (χ0n) is 12.2.